The minimum absolute atomic E-state index is 0.0571. The van der Waals surface area contributed by atoms with Crippen LogP contribution >= 0.6 is 0 Å². The van der Waals surface area contributed by atoms with Crippen LogP contribution in [0.2, 0.25) is 0 Å². The van der Waals surface area contributed by atoms with E-state index in [1.54, 1.807) is 0 Å². The molecule has 6 heteroatoms. The van der Waals surface area contributed by atoms with Gasteiger partial charge in [0.15, 0.2) is 5.79 Å². The van der Waals surface area contributed by atoms with Gasteiger partial charge in [-0.05, 0) is 58.8 Å². The average Bonchev–Trinajstić information content (AvgIpc) is 3.03. The summed E-state index contributed by atoms with van der Waals surface area (Å²) in [7, 11) is 0. The fourth-order valence-corrected chi connectivity index (χ4v) is 3.76. The van der Waals surface area contributed by atoms with Crippen LogP contribution in [0.15, 0.2) is 0 Å². The first-order valence-corrected chi connectivity index (χ1v) is 11.5. The Morgan fingerprint density at radius 1 is 1.07 bits per heavy atom. The maximum absolute atomic E-state index is 13.1. The lowest BCUT2D eigenvalue weighted by atomic mass is 9.65. The molecule has 1 fully saturated rings. The number of esters is 2. The first kappa shape index (κ1) is 26.9. The van der Waals surface area contributed by atoms with Gasteiger partial charge < -0.3 is 18.9 Å². The van der Waals surface area contributed by atoms with Crippen LogP contribution in [0.25, 0.3) is 0 Å². The van der Waals surface area contributed by atoms with Crippen LogP contribution in [0.1, 0.15) is 88.0 Å². The van der Waals surface area contributed by atoms with Crippen LogP contribution < -0.4 is 0 Å². The summed E-state index contributed by atoms with van der Waals surface area (Å²) in [5.74, 6) is -1.04. The van der Waals surface area contributed by atoms with Gasteiger partial charge in [-0.2, -0.15) is 0 Å². The molecule has 4 atom stereocenters. The Labute approximate surface area is 183 Å². The molecule has 1 rings (SSSR count). The van der Waals surface area contributed by atoms with Gasteiger partial charge in [0.05, 0.1) is 24.0 Å². The topological polar surface area (TPSA) is 71.1 Å². The monoisotopic (exact) mass is 428 g/mol. The number of hydrogen-bond donors (Lipinski definition) is 0. The van der Waals surface area contributed by atoms with E-state index < -0.39 is 16.6 Å². The average molecular weight is 429 g/mol. The molecule has 1 aliphatic rings. The van der Waals surface area contributed by atoms with Crippen molar-refractivity contribution in [1.29, 1.82) is 0 Å². The van der Waals surface area contributed by atoms with Crippen LogP contribution in [0.3, 0.4) is 0 Å². The zero-order valence-corrected chi connectivity index (χ0v) is 20.6. The normalized spacial score (nSPS) is 23.5. The van der Waals surface area contributed by atoms with Crippen molar-refractivity contribution in [3.63, 3.8) is 0 Å². The van der Waals surface area contributed by atoms with Crippen molar-refractivity contribution in [3.8, 4) is 0 Å². The summed E-state index contributed by atoms with van der Waals surface area (Å²) in [5, 5.41) is 0. The summed E-state index contributed by atoms with van der Waals surface area (Å²) < 4.78 is 22.5. The lowest BCUT2D eigenvalue weighted by molar-refractivity contribution is -0.171. The molecule has 30 heavy (non-hydrogen) atoms. The van der Waals surface area contributed by atoms with Gasteiger partial charge >= 0.3 is 11.9 Å². The Bertz CT molecular complexity index is 572. The second-order valence-corrected chi connectivity index (χ2v) is 9.99. The summed E-state index contributed by atoms with van der Waals surface area (Å²) in [4.78, 5) is 26.0. The Balaban J connectivity index is 2.82. The molecule has 1 aliphatic heterocycles. The molecule has 0 aliphatic carbocycles. The predicted octanol–water partition coefficient (Wildman–Crippen LogP) is 5.13. The van der Waals surface area contributed by atoms with Gasteiger partial charge in [-0.15, -0.1) is 0 Å². The lowest BCUT2D eigenvalue weighted by Crippen LogP contribution is -2.43. The van der Waals surface area contributed by atoms with Crippen molar-refractivity contribution in [2.45, 2.75) is 99.9 Å². The Kier molecular flexibility index (Phi) is 9.81. The van der Waals surface area contributed by atoms with E-state index in [1.807, 2.05) is 55.4 Å². The van der Waals surface area contributed by atoms with Gasteiger partial charge in [-0.1, -0.05) is 41.0 Å². The van der Waals surface area contributed by atoms with Gasteiger partial charge in [-0.3, -0.25) is 9.59 Å². The third kappa shape index (κ3) is 6.68. The molecule has 1 saturated heterocycles. The molecule has 0 amide bonds. The van der Waals surface area contributed by atoms with Gasteiger partial charge in [0.1, 0.15) is 12.7 Å². The molecule has 0 saturated carbocycles. The Hall–Kier alpha value is -1.14. The van der Waals surface area contributed by atoms with E-state index >= 15 is 0 Å². The van der Waals surface area contributed by atoms with Crippen molar-refractivity contribution in [2.75, 3.05) is 19.8 Å². The molecule has 176 valence electrons. The number of carbonyl (C=O) groups excluding carboxylic acids is 2. The summed E-state index contributed by atoms with van der Waals surface area (Å²) in [5.41, 5.74) is -1.36. The summed E-state index contributed by atoms with van der Waals surface area (Å²) in [6.45, 7) is 18.8. The molecular weight excluding hydrogens is 384 g/mol. The first-order valence-electron chi connectivity index (χ1n) is 11.5. The fourth-order valence-electron chi connectivity index (χ4n) is 3.76. The van der Waals surface area contributed by atoms with E-state index in [2.05, 4.69) is 6.92 Å². The van der Waals surface area contributed by atoms with E-state index in [0.717, 1.165) is 12.8 Å². The highest BCUT2D eigenvalue weighted by atomic mass is 16.7. The highest BCUT2D eigenvalue weighted by molar-refractivity contribution is 5.78. The van der Waals surface area contributed by atoms with E-state index in [4.69, 9.17) is 18.9 Å². The SMILES string of the molecule is CCCCOC(=O)C(C)(CC(C)C(C)(CC)C(=O)OCC1COC(C)(C)O1)C(C)C. The van der Waals surface area contributed by atoms with E-state index in [1.165, 1.54) is 0 Å². The van der Waals surface area contributed by atoms with Crippen molar-refractivity contribution in [3.05, 3.63) is 0 Å². The molecule has 0 N–H and O–H groups in total. The van der Waals surface area contributed by atoms with E-state index in [0.29, 0.717) is 26.1 Å². The maximum Gasteiger partial charge on any atom is 0.312 e. The maximum atomic E-state index is 13.1. The van der Waals surface area contributed by atoms with Crippen LogP contribution in [0.4, 0.5) is 0 Å². The number of ether oxygens (including phenoxy) is 4. The Morgan fingerprint density at radius 3 is 2.13 bits per heavy atom. The summed E-state index contributed by atoms with van der Waals surface area (Å²) in [6.07, 6.45) is 2.77. The minimum Gasteiger partial charge on any atom is -0.465 e. The fraction of sp³-hybridized carbons (Fsp3) is 0.917. The number of unbranched alkanes of at least 4 members (excludes halogenated alkanes) is 1. The molecule has 0 radical (unpaired) electrons. The van der Waals surface area contributed by atoms with E-state index in [-0.39, 0.29) is 36.5 Å². The molecule has 0 aromatic carbocycles. The van der Waals surface area contributed by atoms with Gasteiger partial charge in [-0.25, -0.2) is 0 Å². The van der Waals surface area contributed by atoms with Gasteiger partial charge in [0.25, 0.3) is 0 Å². The number of hydrogen-bond acceptors (Lipinski definition) is 6. The zero-order chi connectivity index (χ0) is 23.2. The lowest BCUT2D eigenvalue weighted by Gasteiger charge is -2.39. The first-order chi connectivity index (χ1) is 13.8. The molecule has 0 spiro atoms. The number of rotatable bonds is 12. The van der Waals surface area contributed by atoms with Crippen LogP contribution in [-0.4, -0.2) is 43.7 Å². The third-order valence-corrected chi connectivity index (χ3v) is 6.96. The minimum atomic E-state index is -0.700. The van der Waals surface area contributed by atoms with Crippen molar-refractivity contribution >= 4 is 11.9 Å². The van der Waals surface area contributed by atoms with Crippen molar-refractivity contribution in [1.82, 2.24) is 0 Å². The standard InChI is InChI=1S/C24H44O6/c1-10-12-13-27-21(26)24(9,17(3)4)14-18(5)23(8,11-2)20(25)28-15-19-16-29-22(6,7)30-19/h17-19H,10-16H2,1-9H3. The van der Waals surface area contributed by atoms with E-state index in [9.17, 15) is 9.59 Å². The van der Waals surface area contributed by atoms with Crippen LogP contribution in [0, 0.1) is 22.7 Å². The van der Waals surface area contributed by atoms with Crippen LogP contribution in [0.5, 0.6) is 0 Å². The van der Waals surface area contributed by atoms with Gasteiger partial charge in [0.2, 0.25) is 0 Å². The van der Waals surface area contributed by atoms with Crippen LogP contribution in [-0.2, 0) is 28.5 Å². The summed E-state index contributed by atoms with van der Waals surface area (Å²) >= 11 is 0. The molecular formula is C24H44O6. The second-order valence-electron chi connectivity index (χ2n) is 9.99. The molecule has 1 heterocycles. The smallest absolute Gasteiger partial charge is 0.312 e. The molecule has 0 aromatic rings. The predicted molar refractivity (Wildman–Crippen MR) is 117 cm³/mol. The van der Waals surface area contributed by atoms with Crippen molar-refractivity contribution < 1.29 is 28.5 Å². The molecule has 4 unspecified atom stereocenters. The quantitative estimate of drug-likeness (QED) is 0.317. The van der Waals surface area contributed by atoms with Gasteiger partial charge in [0, 0.05) is 0 Å². The highest BCUT2D eigenvalue weighted by Crippen LogP contribution is 2.44. The third-order valence-electron chi connectivity index (χ3n) is 6.96. The zero-order valence-electron chi connectivity index (χ0n) is 20.6. The molecule has 6 nitrogen and oxygen atoms in total. The highest BCUT2D eigenvalue weighted by Gasteiger charge is 2.47. The Morgan fingerprint density at radius 2 is 1.67 bits per heavy atom. The largest absolute Gasteiger partial charge is 0.465 e. The molecule has 0 aromatic heterocycles. The molecule has 0 bridgehead atoms. The van der Waals surface area contributed by atoms with Crippen molar-refractivity contribution in [2.24, 2.45) is 22.7 Å². The summed E-state index contributed by atoms with van der Waals surface area (Å²) in [6, 6.07) is 0. The second kappa shape index (κ2) is 10.9. The number of carbonyl (C=O) groups is 2.